The van der Waals surface area contributed by atoms with Crippen LogP contribution in [0.2, 0.25) is 5.15 Å². The van der Waals surface area contributed by atoms with Gasteiger partial charge in [0.2, 0.25) is 11.8 Å². The van der Waals surface area contributed by atoms with Gasteiger partial charge in [0, 0.05) is 35.4 Å². The van der Waals surface area contributed by atoms with E-state index in [2.05, 4.69) is 33.2 Å². The minimum absolute atomic E-state index is 0.00240. The fourth-order valence-electron chi connectivity index (χ4n) is 9.17. The third kappa shape index (κ3) is 7.59. The van der Waals surface area contributed by atoms with E-state index >= 15 is 0 Å². The topological polar surface area (TPSA) is 146 Å². The first-order valence-electron chi connectivity index (χ1n) is 20.1. The lowest BCUT2D eigenvalue weighted by atomic mass is 9.89. The van der Waals surface area contributed by atoms with Gasteiger partial charge in [-0.3, -0.25) is 14.4 Å². The van der Waals surface area contributed by atoms with Crippen molar-refractivity contribution in [2.45, 2.75) is 96.4 Å². The number of piperidine rings is 2. The van der Waals surface area contributed by atoms with Crippen molar-refractivity contribution in [3.05, 3.63) is 69.4 Å². The third-order valence-corrected chi connectivity index (χ3v) is 13.2. The number of halogens is 2. The Labute approximate surface area is 348 Å². The van der Waals surface area contributed by atoms with Gasteiger partial charge in [-0.1, -0.05) is 75.0 Å². The molecule has 2 N–H and O–H groups in total. The number of allylic oxidation sites excluding steroid dienone is 1. The number of carbonyl (C=O) groups excluding carboxylic acids is 4. The number of alkyl carbamates (subject to hydrolysis) is 1. The van der Waals surface area contributed by atoms with E-state index in [1.807, 2.05) is 67.8 Å². The molecule has 2 aliphatic carbocycles. The number of aromatic amines is 1. The number of nitrogens with one attached hydrogen (secondary N) is 2. The molecule has 3 aromatic rings. The number of methoxy groups -OCH3 is 2. The lowest BCUT2D eigenvalue weighted by Crippen LogP contribution is -2.52. The SMILES string of the molecule is COC(=O)C[C@H](C(=O)N1[C@@H]2C[C@@H]2C[C@H]1C1=NC(Cl)=C(c2ccc3cc(C#Cc4[nH]c([C@@H]5C[C@H]6C[C@H]6N5C(=O)[C@@H](NC(=O)OC)C(C)C)nc4Cl)ccc3c2)C1)C(C)C. The Morgan fingerprint density at radius 2 is 1.53 bits per heavy atom. The number of aliphatic imine (C=N–C) groups is 1. The van der Waals surface area contributed by atoms with Gasteiger partial charge in [0.05, 0.1) is 38.6 Å². The summed E-state index contributed by atoms with van der Waals surface area (Å²) in [6.07, 6.45) is 3.50. The van der Waals surface area contributed by atoms with E-state index in [1.54, 1.807) is 0 Å². The van der Waals surface area contributed by atoms with Crippen LogP contribution >= 0.6 is 23.2 Å². The van der Waals surface area contributed by atoms with Gasteiger partial charge in [0.25, 0.3) is 0 Å². The van der Waals surface area contributed by atoms with Crippen molar-refractivity contribution >= 4 is 69.1 Å². The van der Waals surface area contributed by atoms with E-state index in [1.165, 1.54) is 14.2 Å². The van der Waals surface area contributed by atoms with Crippen molar-refractivity contribution in [1.82, 2.24) is 25.1 Å². The van der Waals surface area contributed by atoms with Crippen molar-refractivity contribution in [2.75, 3.05) is 14.2 Å². The van der Waals surface area contributed by atoms with E-state index in [0.29, 0.717) is 34.9 Å². The molecule has 0 bridgehead atoms. The molecule has 304 valence electrons. The summed E-state index contributed by atoms with van der Waals surface area (Å²) in [7, 11) is 2.64. The van der Waals surface area contributed by atoms with Crippen molar-refractivity contribution in [2.24, 2.45) is 34.6 Å². The molecule has 4 heterocycles. The van der Waals surface area contributed by atoms with Crippen LogP contribution < -0.4 is 5.32 Å². The maximum absolute atomic E-state index is 13.9. The second-order valence-corrected chi connectivity index (χ2v) is 17.7. The smallest absolute Gasteiger partial charge is 0.407 e. The quantitative estimate of drug-likeness (QED) is 0.125. The predicted molar refractivity (Wildman–Crippen MR) is 221 cm³/mol. The molecule has 2 saturated heterocycles. The summed E-state index contributed by atoms with van der Waals surface area (Å²) in [5.74, 6) is 6.65. The number of rotatable bonds is 10. The Bertz CT molecular complexity index is 2320. The molecule has 2 aromatic carbocycles. The normalized spacial score (nSPS) is 25.2. The van der Waals surface area contributed by atoms with Gasteiger partial charge in [-0.15, -0.1) is 0 Å². The summed E-state index contributed by atoms with van der Waals surface area (Å²) in [6, 6.07) is 11.3. The van der Waals surface area contributed by atoms with Crippen LogP contribution in [0.3, 0.4) is 0 Å². The van der Waals surface area contributed by atoms with Crippen LogP contribution in [0.25, 0.3) is 16.3 Å². The number of benzene rings is 2. The minimum atomic E-state index is -0.727. The molecular weight excluding hydrogens is 779 g/mol. The number of imidazole rings is 1. The second kappa shape index (κ2) is 15.7. The average molecular weight is 828 g/mol. The number of likely N-dealkylation sites (tertiary alicyclic amines) is 2. The Hall–Kier alpha value is -4.86. The van der Waals surface area contributed by atoms with Gasteiger partial charge in [0.1, 0.15) is 22.7 Å². The molecule has 0 radical (unpaired) electrons. The first-order valence-corrected chi connectivity index (χ1v) is 20.8. The minimum Gasteiger partial charge on any atom is -0.469 e. The van der Waals surface area contributed by atoms with E-state index < -0.39 is 18.1 Å². The van der Waals surface area contributed by atoms with E-state index in [9.17, 15) is 19.2 Å². The molecule has 4 fully saturated rings. The highest BCUT2D eigenvalue weighted by Crippen LogP contribution is 2.54. The van der Waals surface area contributed by atoms with Gasteiger partial charge >= 0.3 is 12.1 Å². The van der Waals surface area contributed by atoms with Crippen LogP contribution in [-0.4, -0.2) is 87.7 Å². The number of aromatic nitrogens is 2. The van der Waals surface area contributed by atoms with Crippen LogP contribution in [0.15, 0.2) is 46.5 Å². The first kappa shape index (κ1) is 39.9. The molecule has 1 aromatic heterocycles. The number of esters is 1. The lowest BCUT2D eigenvalue weighted by molar-refractivity contribution is -0.148. The number of ether oxygens (including phenoxy) is 2. The standard InChI is InChI=1S/C44H48Cl2N6O6/c1-21(2)29(20-37(53)57-5)42(54)51-33-15-27(33)17-35(51)32-19-30(39(45)47-32)26-11-10-24-13-23(7-9-25(24)14-26)8-12-31-40(46)50-41(48-31)36-18-28-16-34(28)52(36)43(55)38(22(3)4)49-44(56)58-6/h7,9-11,13-14,21-22,27-29,33-36,38H,15-20H2,1-6H3,(H,48,50)(H,49,56)/t27-,28-,29+,33-,34-,35+,36+,38+/m1/s1. The van der Waals surface area contributed by atoms with Crippen molar-refractivity contribution in [3.8, 4) is 11.8 Å². The average Bonchev–Trinajstić information content (AvgIpc) is 3.92. The molecule has 14 heteroatoms. The molecule has 5 aliphatic rings. The number of nitrogens with zero attached hydrogens (tertiary/aromatic N) is 4. The van der Waals surface area contributed by atoms with Gasteiger partial charge in [-0.25, -0.2) is 14.8 Å². The molecule has 0 spiro atoms. The molecule has 2 saturated carbocycles. The molecule has 58 heavy (non-hydrogen) atoms. The Morgan fingerprint density at radius 1 is 0.862 bits per heavy atom. The van der Waals surface area contributed by atoms with Gasteiger partial charge in [0.15, 0.2) is 5.15 Å². The summed E-state index contributed by atoms with van der Waals surface area (Å²) >= 11 is 13.4. The summed E-state index contributed by atoms with van der Waals surface area (Å²) in [4.78, 5) is 68.5. The number of H-pyrrole nitrogens is 1. The number of amides is 3. The van der Waals surface area contributed by atoms with E-state index in [0.717, 1.165) is 58.9 Å². The second-order valence-electron chi connectivity index (χ2n) is 17.0. The molecule has 3 amide bonds. The number of carbonyl (C=O) groups is 4. The number of hydrogen-bond donors (Lipinski definition) is 2. The molecule has 3 aliphatic heterocycles. The maximum atomic E-state index is 13.9. The first-order chi connectivity index (χ1) is 27.8. The van der Waals surface area contributed by atoms with Crippen molar-refractivity contribution in [1.29, 1.82) is 0 Å². The fourth-order valence-corrected chi connectivity index (χ4v) is 9.64. The van der Waals surface area contributed by atoms with Crippen LogP contribution in [0.5, 0.6) is 0 Å². The Morgan fingerprint density at radius 3 is 2.21 bits per heavy atom. The number of hydrogen-bond acceptors (Lipinski definition) is 8. The van der Waals surface area contributed by atoms with Crippen LogP contribution in [0.1, 0.15) is 94.9 Å². The Balaban J connectivity index is 0.953. The summed E-state index contributed by atoms with van der Waals surface area (Å²) in [5.41, 5.74) is 4.05. The highest BCUT2D eigenvalue weighted by molar-refractivity contribution is 6.35. The summed E-state index contributed by atoms with van der Waals surface area (Å²) < 4.78 is 9.69. The molecular formula is C44H48Cl2N6O6. The lowest BCUT2D eigenvalue weighted by Gasteiger charge is -2.32. The predicted octanol–water partition coefficient (Wildman–Crippen LogP) is 7.24. The zero-order valence-electron chi connectivity index (χ0n) is 33.5. The van der Waals surface area contributed by atoms with Crippen molar-refractivity contribution in [3.63, 3.8) is 0 Å². The Kier molecular flexibility index (Phi) is 10.8. The summed E-state index contributed by atoms with van der Waals surface area (Å²) in [6.45, 7) is 7.73. The van der Waals surface area contributed by atoms with Crippen LogP contribution in [0, 0.1) is 41.4 Å². The zero-order valence-corrected chi connectivity index (χ0v) is 35.0. The summed E-state index contributed by atoms with van der Waals surface area (Å²) in [5, 5.41) is 5.40. The monoisotopic (exact) mass is 826 g/mol. The van der Waals surface area contributed by atoms with Crippen LogP contribution in [-0.2, 0) is 23.9 Å². The molecule has 0 unspecified atom stereocenters. The molecule has 8 atom stereocenters. The van der Waals surface area contributed by atoms with Crippen LogP contribution in [0.4, 0.5) is 4.79 Å². The molecule has 8 rings (SSSR count). The highest BCUT2D eigenvalue weighted by atomic mass is 35.5. The van der Waals surface area contributed by atoms with Gasteiger partial charge in [-0.05, 0) is 89.8 Å². The fraction of sp³-hybridized carbons (Fsp3) is 0.500. The van der Waals surface area contributed by atoms with E-state index in [4.69, 9.17) is 37.7 Å². The van der Waals surface area contributed by atoms with Crippen molar-refractivity contribution < 1.29 is 28.7 Å². The third-order valence-electron chi connectivity index (χ3n) is 12.6. The highest BCUT2D eigenvalue weighted by Gasteiger charge is 2.57. The van der Waals surface area contributed by atoms with E-state index in [-0.39, 0.29) is 65.4 Å². The van der Waals surface area contributed by atoms with Gasteiger partial charge < -0.3 is 29.6 Å². The van der Waals surface area contributed by atoms with Gasteiger partial charge in [-0.2, -0.15) is 0 Å². The molecule has 12 nitrogen and oxygen atoms in total. The maximum Gasteiger partial charge on any atom is 0.407 e. The number of fused-ring (bicyclic) bond motifs is 3. The zero-order chi connectivity index (χ0) is 41.2. The largest absolute Gasteiger partial charge is 0.469 e.